The van der Waals surface area contributed by atoms with Crippen LogP contribution in [0.2, 0.25) is 0 Å². The zero-order valence-corrected chi connectivity index (χ0v) is 16.0. The van der Waals surface area contributed by atoms with Crippen molar-refractivity contribution in [3.8, 4) is 0 Å². The van der Waals surface area contributed by atoms with E-state index in [4.69, 9.17) is 0 Å². The summed E-state index contributed by atoms with van der Waals surface area (Å²) in [5, 5.41) is 5.39. The summed E-state index contributed by atoms with van der Waals surface area (Å²) < 4.78 is 13.3. The van der Waals surface area contributed by atoms with E-state index < -0.39 is 17.6 Å². The maximum Gasteiger partial charge on any atom is 0.273 e. The largest absolute Gasteiger partial charge is 0.348 e. The lowest BCUT2D eigenvalue weighted by Crippen LogP contribution is -2.46. The van der Waals surface area contributed by atoms with Gasteiger partial charge in [0.15, 0.2) is 11.5 Å². The Bertz CT molecular complexity index is 912. The lowest BCUT2D eigenvalue weighted by atomic mass is 10.0. The van der Waals surface area contributed by atoms with E-state index in [9.17, 15) is 18.8 Å². The van der Waals surface area contributed by atoms with Crippen molar-refractivity contribution in [3.05, 3.63) is 53.7 Å². The summed E-state index contributed by atoms with van der Waals surface area (Å²) in [7, 11) is 0. The van der Waals surface area contributed by atoms with Gasteiger partial charge in [-0.3, -0.25) is 14.4 Å². The second kappa shape index (κ2) is 9.22. The van der Waals surface area contributed by atoms with Gasteiger partial charge in [0.1, 0.15) is 5.82 Å². The monoisotopic (exact) mass is 399 g/mol. The van der Waals surface area contributed by atoms with Crippen molar-refractivity contribution in [2.75, 3.05) is 18.4 Å². The molecule has 9 heteroatoms. The fraction of sp³-hybridized carbons (Fsp3) is 0.350. The zero-order valence-electron chi connectivity index (χ0n) is 16.0. The molecule has 1 aromatic carbocycles. The summed E-state index contributed by atoms with van der Waals surface area (Å²) in [5.74, 6) is -1.50. The van der Waals surface area contributed by atoms with Crippen LogP contribution in [0.5, 0.6) is 0 Å². The Hall–Kier alpha value is -3.36. The predicted molar refractivity (Wildman–Crippen MR) is 104 cm³/mol. The van der Waals surface area contributed by atoms with Gasteiger partial charge in [-0.1, -0.05) is 13.0 Å². The first-order chi connectivity index (χ1) is 14.0. The van der Waals surface area contributed by atoms with Gasteiger partial charge >= 0.3 is 0 Å². The predicted octanol–water partition coefficient (Wildman–Crippen LogP) is 2.00. The first kappa shape index (κ1) is 20.4. The number of hydrogen-bond acceptors (Lipinski definition) is 5. The number of anilines is 1. The molecule has 2 N–H and O–H groups in total. The van der Waals surface area contributed by atoms with Gasteiger partial charge < -0.3 is 15.5 Å². The Labute approximate surface area is 167 Å². The number of carbonyl (C=O) groups is 3. The van der Waals surface area contributed by atoms with Crippen LogP contribution in [0.15, 0.2) is 36.7 Å². The second-order valence-electron chi connectivity index (χ2n) is 6.70. The summed E-state index contributed by atoms with van der Waals surface area (Å²) in [4.78, 5) is 46.6. The van der Waals surface area contributed by atoms with Crippen molar-refractivity contribution in [2.24, 2.45) is 0 Å². The van der Waals surface area contributed by atoms with Gasteiger partial charge in [0.05, 0.1) is 0 Å². The first-order valence-electron chi connectivity index (χ1n) is 9.44. The number of amides is 3. The molecule has 152 valence electrons. The smallest absolute Gasteiger partial charge is 0.273 e. The van der Waals surface area contributed by atoms with E-state index in [1.165, 1.54) is 30.6 Å². The number of halogens is 1. The molecule has 1 aliphatic heterocycles. The van der Waals surface area contributed by atoms with Crippen LogP contribution in [0.4, 0.5) is 10.2 Å². The third kappa shape index (κ3) is 5.13. The number of carbonyl (C=O) groups excluding carboxylic acids is 3. The normalized spacial score (nSPS) is 14.3. The number of rotatable bonds is 5. The molecule has 8 nitrogen and oxygen atoms in total. The van der Waals surface area contributed by atoms with Crippen molar-refractivity contribution >= 4 is 23.5 Å². The van der Waals surface area contributed by atoms with E-state index in [2.05, 4.69) is 20.6 Å². The van der Waals surface area contributed by atoms with Crippen molar-refractivity contribution in [2.45, 2.75) is 32.2 Å². The maximum atomic E-state index is 13.3. The Kier molecular flexibility index (Phi) is 6.48. The summed E-state index contributed by atoms with van der Waals surface area (Å²) in [5.41, 5.74) is 0.0827. The average Bonchev–Trinajstić information content (AvgIpc) is 2.74. The lowest BCUT2D eigenvalue weighted by molar-refractivity contribution is -0.131. The molecule has 2 aromatic rings. The van der Waals surface area contributed by atoms with Crippen LogP contribution >= 0.6 is 0 Å². The highest BCUT2D eigenvalue weighted by atomic mass is 19.1. The SMILES string of the molecule is CCC(=O)N1CCC(NC(=O)c2nccnc2NC(=O)c2cccc(F)c2)CC1. The second-order valence-corrected chi connectivity index (χ2v) is 6.70. The van der Waals surface area contributed by atoms with Crippen molar-refractivity contribution < 1.29 is 18.8 Å². The first-order valence-corrected chi connectivity index (χ1v) is 9.44. The number of benzene rings is 1. The maximum absolute atomic E-state index is 13.3. The van der Waals surface area contributed by atoms with Gasteiger partial charge in [-0.2, -0.15) is 0 Å². The van der Waals surface area contributed by atoms with Crippen LogP contribution in [0.25, 0.3) is 0 Å². The highest BCUT2D eigenvalue weighted by Crippen LogP contribution is 2.15. The van der Waals surface area contributed by atoms with Crippen molar-refractivity contribution in [1.29, 1.82) is 0 Å². The number of nitrogens with one attached hydrogen (secondary N) is 2. The molecule has 0 aliphatic carbocycles. The Morgan fingerprint density at radius 1 is 1.14 bits per heavy atom. The average molecular weight is 399 g/mol. The minimum atomic E-state index is -0.592. The van der Waals surface area contributed by atoms with Crippen LogP contribution in [0.3, 0.4) is 0 Å². The number of nitrogens with zero attached hydrogens (tertiary/aromatic N) is 3. The lowest BCUT2D eigenvalue weighted by Gasteiger charge is -2.32. The molecule has 0 spiro atoms. The molecule has 2 heterocycles. The van der Waals surface area contributed by atoms with Crippen molar-refractivity contribution in [1.82, 2.24) is 20.2 Å². The fourth-order valence-corrected chi connectivity index (χ4v) is 3.16. The van der Waals surface area contributed by atoms with E-state index in [1.807, 2.05) is 6.92 Å². The highest BCUT2D eigenvalue weighted by molar-refractivity contribution is 6.07. The van der Waals surface area contributed by atoms with E-state index >= 15 is 0 Å². The van der Waals surface area contributed by atoms with E-state index in [0.29, 0.717) is 32.4 Å². The van der Waals surface area contributed by atoms with Gasteiger partial charge in [-0.25, -0.2) is 14.4 Å². The molecule has 1 fully saturated rings. The van der Waals surface area contributed by atoms with Crippen LogP contribution in [-0.2, 0) is 4.79 Å². The third-order valence-corrected chi connectivity index (χ3v) is 4.72. The van der Waals surface area contributed by atoms with Crippen LogP contribution in [0.1, 0.15) is 47.0 Å². The standard InChI is InChI=1S/C20H22FN5O3/c1-2-16(27)26-10-6-15(7-11-26)24-20(29)17-18(23-9-8-22-17)25-19(28)13-4-3-5-14(21)12-13/h3-5,8-9,12,15H,2,6-7,10-11H2,1H3,(H,24,29)(H,23,25,28). The van der Waals surface area contributed by atoms with Crippen molar-refractivity contribution in [3.63, 3.8) is 0 Å². The number of aromatic nitrogens is 2. The molecule has 0 unspecified atom stereocenters. The van der Waals surface area contributed by atoms with Gasteiger partial charge in [-0.05, 0) is 31.0 Å². The quantitative estimate of drug-likeness (QED) is 0.800. The fourth-order valence-electron chi connectivity index (χ4n) is 3.16. The molecular weight excluding hydrogens is 377 g/mol. The van der Waals surface area contributed by atoms with E-state index in [0.717, 1.165) is 6.07 Å². The summed E-state index contributed by atoms with van der Waals surface area (Å²) in [6, 6.07) is 5.11. The summed E-state index contributed by atoms with van der Waals surface area (Å²) >= 11 is 0. The number of piperidine rings is 1. The molecule has 3 amide bonds. The molecule has 0 atom stereocenters. The molecule has 1 saturated heterocycles. The molecule has 0 bridgehead atoms. The molecule has 29 heavy (non-hydrogen) atoms. The van der Waals surface area contributed by atoms with Gasteiger partial charge in [0.25, 0.3) is 11.8 Å². The van der Waals surface area contributed by atoms with Crippen LogP contribution in [0, 0.1) is 5.82 Å². The third-order valence-electron chi connectivity index (χ3n) is 4.72. The molecular formula is C20H22FN5O3. The summed E-state index contributed by atoms with van der Waals surface area (Å²) in [6.07, 6.45) is 4.46. The van der Waals surface area contributed by atoms with Gasteiger partial charge in [0.2, 0.25) is 5.91 Å². The molecule has 1 aliphatic rings. The van der Waals surface area contributed by atoms with E-state index in [1.54, 1.807) is 4.90 Å². The molecule has 0 saturated carbocycles. The zero-order chi connectivity index (χ0) is 20.8. The topological polar surface area (TPSA) is 104 Å². The minimum absolute atomic E-state index is 0.00198. The molecule has 3 rings (SSSR count). The minimum Gasteiger partial charge on any atom is -0.348 e. The number of likely N-dealkylation sites (tertiary alicyclic amines) is 1. The van der Waals surface area contributed by atoms with Gasteiger partial charge in [-0.15, -0.1) is 0 Å². The van der Waals surface area contributed by atoms with Crippen LogP contribution < -0.4 is 10.6 Å². The Balaban J connectivity index is 1.65. The highest BCUT2D eigenvalue weighted by Gasteiger charge is 2.25. The summed E-state index contributed by atoms with van der Waals surface area (Å²) in [6.45, 7) is 2.99. The van der Waals surface area contributed by atoms with E-state index in [-0.39, 0.29) is 29.0 Å². The molecule has 1 aromatic heterocycles. The number of hydrogen-bond donors (Lipinski definition) is 2. The Morgan fingerprint density at radius 3 is 2.55 bits per heavy atom. The molecule has 0 radical (unpaired) electrons. The van der Waals surface area contributed by atoms with Crippen LogP contribution in [-0.4, -0.2) is 51.7 Å². The van der Waals surface area contributed by atoms with Gasteiger partial charge in [0, 0.05) is 43.5 Å². The Morgan fingerprint density at radius 2 is 1.86 bits per heavy atom.